The fraction of sp³-hybridized carbons (Fsp3) is 0.286. The first-order chi connectivity index (χ1) is 14.7. The van der Waals surface area contributed by atoms with E-state index in [1.807, 2.05) is 6.07 Å². The average molecular weight is 431 g/mol. The van der Waals surface area contributed by atoms with E-state index in [4.69, 9.17) is 5.11 Å². The fourth-order valence-corrected chi connectivity index (χ4v) is 2.82. The number of Topliss-reactive ketones (excluding diaryl/α,β-unsaturated/α-hetero) is 1. The molecule has 2 amide bonds. The molecule has 0 saturated heterocycles. The molecule has 1 aromatic heterocycles. The average Bonchev–Trinajstić information content (AvgIpc) is 2.74. The van der Waals surface area contributed by atoms with Gasteiger partial charge in [-0.25, -0.2) is 4.39 Å². The molecule has 1 heterocycles. The molecule has 164 valence electrons. The Kier molecular flexibility index (Phi) is 8.18. The first-order valence-electron chi connectivity index (χ1n) is 9.38. The van der Waals surface area contributed by atoms with Crippen LogP contribution in [-0.4, -0.2) is 46.0 Å². The van der Waals surface area contributed by atoms with E-state index in [-0.39, 0.29) is 12.1 Å². The van der Waals surface area contributed by atoms with Gasteiger partial charge in [0.05, 0.1) is 12.8 Å². The molecule has 10 heteroatoms. The summed E-state index contributed by atoms with van der Waals surface area (Å²) in [5, 5.41) is 13.5. The van der Waals surface area contributed by atoms with Crippen LogP contribution in [0.25, 0.3) is 0 Å². The Bertz CT molecular complexity index is 1020. The van der Waals surface area contributed by atoms with Gasteiger partial charge >= 0.3 is 5.97 Å². The molecule has 2 rings (SSSR count). The summed E-state index contributed by atoms with van der Waals surface area (Å²) in [6.45, 7) is -0.0838. The van der Waals surface area contributed by atoms with E-state index in [9.17, 15) is 28.4 Å². The van der Waals surface area contributed by atoms with Crippen molar-refractivity contribution >= 4 is 29.3 Å². The monoisotopic (exact) mass is 431 g/mol. The number of anilines is 1. The van der Waals surface area contributed by atoms with Crippen LogP contribution in [0.1, 0.15) is 24.9 Å². The lowest BCUT2D eigenvalue weighted by molar-refractivity contribution is -0.140. The summed E-state index contributed by atoms with van der Waals surface area (Å²) in [5.74, 6) is -3.74. The molecule has 0 aliphatic rings. The lowest BCUT2D eigenvalue weighted by atomic mass is 10.1. The third kappa shape index (κ3) is 6.59. The molecule has 0 radical (unpaired) electrons. The minimum absolute atomic E-state index is 0.0490. The highest BCUT2D eigenvalue weighted by atomic mass is 19.1. The maximum absolute atomic E-state index is 12.7. The summed E-state index contributed by atoms with van der Waals surface area (Å²) in [6, 6.07) is 9.03. The van der Waals surface area contributed by atoms with Crippen LogP contribution in [0.3, 0.4) is 0 Å². The van der Waals surface area contributed by atoms with Gasteiger partial charge in [0, 0.05) is 6.20 Å². The lowest BCUT2D eigenvalue weighted by Gasteiger charge is -2.20. The molecule has 0 fully saturated rings. The molecule has 0 saturated carbocycles. The number of amides is 2. The number of aromatic nitrogens is 1. The Morgan fingerprint density at radius 3 is 2.39 bits per heavy atom. The number of alkyl halides is 1. The third-order valence-electron chi connectivity index (χ3n) is 4.47. The van der Waals surface area contributed by atoms with Gasteiger partial charge in [-0.05, 0) is 24.6 Å². The van der Waals surface area contributed by atoms with E-state index in [0.717, 1.165) is 10.1 Å². The van der Waals surface area contributed by atoms with E-state index in [0.29, 0.717) is 0 Å². The molecule has 31 heavy (non-hydrogen) atoms. The molecular weight excluding hydrogens is 409 g/mol. The predicted molar refractivity (Wildman–Crippen MR) is 109 cm³/mol. The summed E-state index contributed by atoms with van der Waals surface area (Å²) in [6.07, 6.45) is 0.571. The highest BCUT2D eigenvalue weighted by molar-refractivity contribution is 5.94. The van der Waals surface area contributed by atoms with Crippen molar-refractivity contribution in [3.63, 3.8) is 0 Å². The van der Waals surface area contributed by atoms with Gasteiger partial charge in [-0.2, -0.15) is 0 Å². The summed E-state index contributed by atoms with van der Waals surface area (Å²) in [5.41, 5.74) is 0.0363. The highest BCUT2D eigenvalue weighted by Crippen LogP contribution is 2.09. The summed E-state index contributed by atoms with van der Waals surface area (Å²) in [7, 11) is 0. The Morgan fingerprint density at radius 2 is 1.77 bits per heavy atom. The number of carboxylic acids is 1. The molecule has 0 spiro atoms. The number of aliphatic carboxylic acids is 1. The number of carbonyl (C=O) groups excluding carboxylic acids is 3. The van der Waals surface area contributed by atoms with E-state index in [2.05, 4.69) is 10.6 Å². The molecule has 0 bridgehead atoms. The summed E-state index contributed by atoms with van der Waals surface area (Å²) in [4.78, 5) is 59.8. The van der Waals surface area contributed by atoms with Crippen LogP contribution in [0, 0.1) is 0 Å². The molecule has 2 atom stereocenters. The fourth-order valence-electron chi connectivity index (χ4n) is 2.82. The number of benzene rings is 1. The second-order valence-corrected chi connectivity index (χ2v) is 6.78. The molecule has 0 aliphatic carbocycles. The maximum Gasteiger partial charge on any atom is 0.305 e. The first-order valence-corrected chi connectivity index (χ1v) is 9.38. The van der Waals surface area contributed by atoms with E-state index in [1.165, 1.54) is 25.3 Å². The zero-order valence-corrected chi connectivity index (χ0v) is 16.7. The van der Waals surface area contributed by atoms with Crippen LogP contribution >= 0.6 is 0 Å². The topological polar surface area (TPSA) is 135 Å². The van der Waals surface area contributed by atoms with Crippen molar-refractivity contribution < 1.29 is 28.7 Å². The van der Waals surface area contributed by atoms with Crippen molar-refractivity contribution in [2.24, 2.45) is 0 Å². The molecule has 3 N–H and O–H groups in total. The van der Waals surface area contributed by atoms with Crippen LogP contribution in [0.4, 0.5) is 10.1 Å². The standard InChI is InChI=1S/C21H22FN3O6/c1-13(20(30)24-16(11-19(28)29)17(26)12-22)25-9-5-8-15(21(25)31)23-18(27)10-14-6-3-2-4-7-14/h2-9,13,16H,10-12H2,1H3,(H,23,27)(H,24,30)(H,28,29)/t13?,16-/m0/s1. The summed E-state index contributed by atoms with van der Waals surface area (Å²) >= 11 is 0. The highest BCUT2D eigenvalue weighted by Gasteiger charge is 2.26. The van der Waals surface area contributed by atoms with Crippen LogP contribution in [0.15, 0.2) is 53.5 Å². The SMILES string of the molecule is CC(C(=O)N[C@@H](CC(=O)O)C(=O)CF)n1cccc(NC(=O)Cc2ccccc2)c1=O. The minimum Gasteiger partial charge on any atom is -0.481 e. The number of hydrogen-bond donors (Lipinski definition) is 3. The van der Waals surface area contributed by atoms with E-state index >= 15 is 0 Å². The largest absolute Gasteiger partial charge is 0.481 e. The normalized spacial score (nSPS) is 12.5. The van der Waals surface area contributed by atoms with Crippen LogP contribution in [-0.2, 0) is 25.6 Å². The molecular formula is C21H22FN3O6. The number of rotatable bonds is 10. The van der Waals surface area contributed by atoms with Crippen LogP contribution in [0.5, 0.6) is 0 Å². The number of nitrogens with one attached hydrogen (secondary N) is 2. The summed E-state index contributed by atoms with van der Waals surface area (Å²) < 4.78 is 13.7. The van der Waals surface area contributed by atoms with Crippen molar-refractivity contribution in [2.45, 2.75) is 31.8 Å². The van der Waals surface area contributed by atoms with E-state index < -0.39 is 54.3 Å². The second kappa shape index (κ2) is 10.8. The predicted octanol–water partition coefficient (Wildman–Crippen LogP) is 1.09. The minimum atomic E-state index is -1.55. The van der Waals surface area contributed by atoms with Crippen LogP contribution < -0.4 is 16.2 Å². The van der Waals surface area contributed by atoms with Crippen molar-refractivity contribution in [3.8, 4) is 0 Å². The number of ketones is 1. The molecule has 2 aromatic rings. The number of carboxylic acid groups (broad SMARTS) is 1. The van der Waals surface area contributed by atoms with Crippen LogP contribution in [0.2, 0.25) is 0 Å². The van der Waals surface area contributed by atoms with Gasteiger partial charge in [0.1, 0.15) is 24.4 Å². The number of halogens is 1. The Morgan fingerprint density at radius 1 is 1.10 bits per heavy atom. The van der Waals surface area contributed by atoms with Gasteiger partial charge < -0.3 is 20.3 Å². The Hall–Kier alpha value is -3.82. The number of carbonyl (C=O) groups is 4. The zero-order valence-electron chi connectivity index (χ0n) is 16.7. The van der Waals surface area contributed by atoms with E-state index in [1.54, 1.807) is 24.3 Å². The number of nitrogens with zero attached hydrogens (tertiary/aromatic N) is 1. The molecule has 1 unspecified atom stereocenters. The van der Waals surface area contributed by atoms with Crippen molar-refractivity contribution in [2.75, 3.05) is 12.0 Å². The van der Waals surface area contributed by atoms with Gasteiger partial charge in [0.2, 0.25) is 11.8 Å². The molecule has 1 aromatic carbocycles. The van der Waals surface area contributed by atoms with Gasteiger partial charge in [0.15, 0.2) is 5.78 Å². The number of hydrogen-bond acceptors (Lipinski definition) is 5. The lowest BCUT2D eigenvalue weighted by Crippen LogP contribution is -2.46. The second-order valence-electron chi connectivity index (χ2n) is 6.78. The Balaban J connectivity index is 2.14. The van der Waals surface area contributed by atoms with Crippen molar-refractivity contribution in [3.05, 3.63) is 64.6 Å². The number of pyridine rings is 1. The molecule has 9 nitrogen and oxygen atoms in total. The third-order valence-corrected chi connectivity index (χ3v) is 4.47. The smallest absolute Gasteiger partial charge is 0.305 e. The molecule has 0 aliphatic heterocycles. The first kappa shape index (κ1) is 23.5. The zero-order chi connectivity index (χ0) is 23.0. The van der Waals surface area contributed by atoms with Gasteiger partial charge in [-0.3, -0.25) is 24.0 Å². The van der Waals surface area contributed by atoms with Gasteiger partial charge in [-0.1, -0.05) is 30.3 Å². The quantitative estimate of drug-likeness (QED) is 0.515. The van der Waals surface area contributed by atoms with Gasteiger partial charge in [-0.15, -0.1) is 0 Å². The van der Waals surface area contributed by atoms with Gasteiger partial charge in [0.25, 0.3) is 5.56 Å². The van der Waals surface area contributed by atoms with Crippen molar-refractivity contribution in [1.29, 1.82) is 0 Å². The van der Waals surface area contributed by atoms with Crippen molar-refractivity contribution in [1.82, 2.24) is 9.88 Å². The maximum atomic E-state index is 12.7. The Labute approximate surface area is 176 Å².